The molecule has 0 N–H and O–H groups in total. The van der Waals surface area contributed by atoms with Gasteiger partial charge in [0.25, 0.3) is 0 Å². The van der Waals surface area contributed by atoms with Crippen LogP contribution >= 0.6 is 11.8 Å². The van der Waals surface area contributed by atoms with E-state index in [9.17, 15) is 13.6 Å². The SMILES string of the molecule is C[C@@H](Sc1nnc(-c2ccncc2)n1C1CC1)C(=O)c1ccc(F)c(F)c1. The van der Waals surface area contributed by atoms with Crippen LogP contribution in [-0.4, -0.2) is 30.8 Å². The largest absolute Gasteiger partial charge is 0.299 e. The van der Waals surface area contributed by atoms with Crippen LogP contribution in [0.5, 0.6) is 0 Å². The van der Waals surface area contributed by atoms with Crippen molar-refractivity contribution in [2.75, 3.05) is 0 Å². The molecule has 1 fully saturated rings. The average molecular weight is 386 g/mol. The minimum absolute atomic E-state index is 0.140. The Labute approximate surface area is 158 Å². The zero-order valence-corrected chi connectivity index (χ0v) is 15.3. The first-order valence-electron chi connectivity index (χ1n) is 8.56. The number of rotatable bonds is 6. The molecule has 2 heterocycles. The Kier molecular flexibility index (Phi) is 4.73. The first kappa shape index (κ1) is 17.8. The van der Waals surface area contributed by atoms with E-state index >= 15 is 0 Å². The van der Waals surface area contributed by atoms with Gasteiger partial charge in [-0.2, -0.15) is 0 Å². The quantitative estimate of drug-likeness (QED) is 0.466. The van der Waals surface area contributed by atoms with Crippen molar-refractivity contribution < 1.29 is 13.6 Å². The molecule has 0 saturated heterocycles. The van der Waals surface area contributed by atoms with Gasteiger partial charge in [-0.25, -0.2) is 8.78 Å². The van der Waals surface area contributed by atoms with Crippen LogP contribution in [0.1, 0.15) is 36.2 Å². The molecule has 138 valence electrons. The summed E-state index contributed by atoms with van der Waals surface area (Å²) in [5.74, 6) is -1.54. The van der Waals surface area contributed by atoms with E-state index in [1.807, 2.05) is 12.1 Å². The van der Waals surface area contributed by atoms with Gasteiger partial charge >= 0.3 is 0 Å². The fraction of sp³-hybridized carbons (Fsp3) is 0.263. The van der Waals surface area contributed by atoms with Crippen LogP contribution in [-0.2, 0) is 0 Å². The zero-order valence-electron chi connectivity index (χ0n) is 14.5. The van der Waals surface area contributed by atoms with Crippen molar-refractivity contribution in [1.82, 2.24) is 19.7 Å². The van der Waals surface area contributed by atoms with Crippen molar-refractivity contribution >= 4 is 17.5 Å². The lowest BCUT2D eigenvalue weighted by Crippen LogP contribution is -2.15. The molecular formula is C19H16F2N4OS. The first-order chi connectivity index (χ1) is 13.0. The molecule has 0 bridgehead atoms. The molecular weight excluding hydrogens is 370 g/mol. The highest BCUT2D eigenvalue weighted by Crippen LogP contribution is 2.41. The molecule has 1 aromatic carbocycles. The summed E-state index contributed by atoms with van der Waals surface area (Å²) in [7, 11) is 0. The predicted octanol–water partition coefficient (Wildman–Crippen LogP) is 4.32. The summed E-state index contributed by atoms with van der Waals surface area (Å²) in [6.07, 6.45) is 5.47. The standard InChI is InChI=1S/C19H16F2N4OS/c1-11(17(26)13-2-5-15(20)16(21)10-13)27-19-24-23-18(25(19)14-3-4-14)12-6-8-22-9-7-12/h2,5-11,14H,3-4H2,1H3/t11-/m1/s1. The third-order valence-electron chi connectivity index (χ3n) is 4.37. The number of halogens is 2. The van der Waals surface area contributed by atoms with Crippen molar-refractivity contribution in [2.24, 2.45) is 0 Å². The molecule has 0 unspecified atom stereocenters. The summed E-state index contributed by atoms with van der Waals surface area (Å²) < 4.78 is 28.6. The van der Waals surface area contributed by atoms with E-state index in [1.165, 1.54) is 17.8 Å². The lowest BCUT2D eigenvalue weighted by atomic mass is 10.1. The van der Waals surface area contributed by atoms with Crippen molar-refractivity contribution in [3.05, 3.63) is 59.9 Å². The van der Waals surface area contributed by atoms with Gasteiger partial charge in [0.05, 0.1) is 5.25 Å². The fourth-order valence-electron chi connectivity index (χ4n) is 2.81. The number of ketones is 1. The first-order valence-corrected chi connectivity index (χ1v) is 9.44. The van der Waals surface area contributed by atoms with Gasteiger partial charge in [0, 0.05) is 29.6 Å². The summed E-state index contributed by atoms with van der Waals surface area (Å²) in [6, 6.07) is 7.25. The maximum absolute atomic E-state index is 13.4. The molecule has 0 radical (unpaired) electrons. The Bertz CT molecular complexity index is 989. The highest BCUT2D eigenvalue weighted by Gasteiger charge is 2.31. The molecule has 1 atom stereocenters. The number of nitrogens with zero attached hydrogens (tertiary/aromatic N) is 4. The minimum atomic E-state index is -1.03. The molecule has 0 amide bonds. The normalized spacial score (nSPS) is 14.9. The molecule has 0 aliphatic heterocycles. The summed E-state index contributed by atoms with van der Waals surface area (Å²) in [4.78, 5) is 16.6. The van der Waals surface area contributed by atoms with Crippen LogP contribution in [0.2, 0.25) is 0 Å². The van der Waals surface area contributed by atoms with Gasteiger partial charge in [-0.3, -0.25) is 14.3 Å². The minimum Gasteiger partial charge on any atom is -0.299 e. The second-order valence-corrected chi connectivity index (χ2v) is 7.70. The van der Waals surface area contributed by atoms with Crippen molar-refractivity contribution in [2.45, 2.75) is 36.2 Å². The summed E-state index contributed by atoms with van der Waals surface area (Å²) in [5, 5.41) is 8.71. The van der Waals surface area contributed by atoms with E-state index in [0.29, 0.717) is 11.2 Å². The van der Waals surface area contributed by atoms with Crippen molar-refractivity contribution in [3.8, 4) is 11.4 Å². The number of pyridine rings is 1. The number of benzene rings is 1. The lowest BCUT2D eigenvalue weighted by Gasteiger charge is -2.12. The number of aromatic nitrogens is 4. The molecule has 27 heavy (non-hydrogen) atoms. The molecule has 1 aliphatic rings. The number of hydrogen-bond acceptors (Lipinski definition) is 5. The molecule has 3 aromatic rings. The van der Waals surface area contributed by atoms with Crippen LogP contribution in [0, 0.1) is 11.6 Å². The Morgan fingerprint density at radius 2 is 1.89 bits per heavy atom. The topological polar surface area (TPSA) is 60.7 Å². The second-order valence-electron chi connectivity index (χ2n) is 6.40. The summed E-state index contributed by atoms with van der Waals surface area (Å²) in [6.45, 7) is 1.73. The molecule has 1 saturated carbocycles. The molecule has 2 aromatic heterocycles. The van der Waals surface area contributed by atoms with E-state index < -0.39 is 16.9 Å². The van der Waals surface area contributed by atoms with Gasteiger partial charge < -0.3 is 0 Å². The Balaban J connectivity index is 1.60. The van der Waals surface area contributed by atoms with Gasteiger partial charge in [0.2, 0.25) is 0 Å². The van der Waals surface area contributed by atoms with Gasteiger partial charge in [-0.15, -0.1) is 10.2 Å². The highest BCUT2D eigenvalue weighted by atomic mass is 32.2. The number of thioether (sulfide) groups is 1. The Morgan fingerprint density at radius 1 is 1.15 bits per heavy atom. The van der Waals surface area contributed by atoms with Crippen molar-refractivity contribution in [1.29, 1.82) is 0 Å². The van der Waals surface area contributed by atoms with E-state index in [2.05, 4.69) is 19.7 Å². The van der Waals surface area contributed by atoms with Crippen molar-refractivity contribution in [3.63, 3.8) is 0 Å². The highest BCUT2D eigenvalue weighted by molar-refractivity contribution is 8.00. The third-order valence-corrected chi connectivity index (χ3v) is 5.43. The number of hydrogen-bond donors (Lipinski definition) is 0. The molecule has 8 heteroatoms. The van der Waals surface area contributed by atoms with Crippen LogP contribution in [0.4, 0.5) is 8.78 Å². The van der Waals surface area contributed by atoms with E-state index in [1.54, 1.807) is 19.3 Å². The molecule has 0 spiro atoms. The van der Waals surface area contributed by atoms with Gasteiger partial charge in [-0.05, 0) is 50.1 Å². The number of Topliss-reactive ketones (excluding diaryl/α,β-unsaturated/α-hetero) is 1. The van der Waals surface area contributed by atoms with Crippen LogP contribution in [0.25, 0.3) is 11.4 Å². The van der Waals surface area contributed by atoms with Crippen LogP contribution < -0.4 is 0 Å². The zero-order chi connectivity index (χ0) is 19.0. The summed E-state index contributed by atoms with van der Waals surface area (Å²) >= 11 is 1.28. The monoisotopic (exact) mass is 386 g/mol. The number of carbonyl (C=O) groups excluding carboxylic acids is 1. The van der Waals surface area contributed by atoms with Gasteiger partial charge in [-0.1, -0.05) is 11.8 Å². The van der Waals surface area contributed by atoms with Crippen LogP contribution in [0.15, 0.2) is 47.9 Å². The predicted molar refractivity (Wildman–Crippen MR) is 97.5 cm³/mol. The molecule has 5 nitrogen and oxygen atoms in total. The molecule has 1 aliphatic carbocycles. The fourth-order valence-corrected chi connectivity index (χ4v) is 3.81. The molecule has 4 rings (SSSR count). The van der Waals surface area contributed by atoms with E-state index in [4.69, 9.17) is 0 Å². The lowest BCUT2D eigenvalue weighted by molar-refractivity contribution is 0.0993. The Morgan fingerprint density at radius 3 is 2.56 bits per heavy atom. The summed E-state index contributed by atoms with van der Waals surface area (Å²) in [5.41, 5.74) is 1.05. The maximum atomic E-state index is 13.4. The van der Waals surface area contributed by atoms with Crippen LogP contribution in [0.3, 0.4) is 0 Å². The maximum Gasteiger partial charge on any atom is 0.192 e. The van der Waals surface area contributed by atoms with E-state index in [-0.39, 0.29) is 11.3 Å². The van der Waals surface area contributed by atoms with Gasteiger partial charge in [0.1, 0.15) is 0 Å². The number of carbonyl (C=O) groups is 1. The van der Waals surface area contributed by atoms with Gasteiger partial charge in [0.15, 0.2) is 28.4 Å². The Hall–Kier alpha value is -2.61. The smallest absolute Gasteiger partial charge is 0.192 e. The van der Waals surface area contributed by atoms with E-state index in [0.717, 1.165) is 36.4 Å². The average Bonchev–Trinajstić information content (AvgIpc) is 3.44. The third kappa shape index (κ3) is 3.62. The second kappa shape index (κ2) is 7.19.